The number of piperidine rings is 1. The number of amides is 2. The van der Waals surface area contributed by atoms with Gasteiger partial charge in [0.2, 0.25) is 0 Å². The van der Waals surface area contributed by atoms with Gasteiger partial charge in [0.1, 0.15) is 0 Å². The minimum absolute atomic E-state index is 0.000744. The molecule has 7 rings (SSSR count). The normalized spacial score (nSPS) is 20.2. The maximum atomic E-state index is 12.8. The Balaban J connectivity index is 1.04. The van der Waals surface area contributed by atoms with Gasteiger partial charge in [-0.3, -0.25) is 4.57 Å². The highest BCUT2D eigenvalue weighted by atomic mass is 16.7. The van der Waals surface area contributed by atoms with E-state index >= 15 is 0 Å². The summed E-state index contributed by atoms with van der Waals surface area (Å²) >= 11 is 0. The van der Waals surface area contributed by atoms with Gasteiger partial charge in [0.25, 0.3) is 0 Å². The second-order valence-corrected chi connectivity index (χ2v) is 13.2. The molecule has 3 atom stereocenters. The molecule has 5 aromatic rings. The number of para-hydroxylation sites is 2. The van der Waals surface area contributed by atoms with Crippen molar-refractivity contribution in [1.29, 1.82) is 0 Å². The monoisotopic (exact) mass is 675 g/mol. The number of ether oxygens (including phenoxy) is 2. The Morgan fingerprint density at radius 2 is 1.62 bits per heavy atom. The smallest absolute Gasteiger partial charge is 0.326 e. The summed E-state index contributed by atoms with van der Waals surface area (Å²) in [6.07, 6.45) is 1.74. The fraction of sp³-hybridized carbons (Fsp3) is 0.350. The Morgan fingerprint density at radius 1 is 0.860 bits per heavy atom. The summed E-state index contributed by atoms with van der Waals surface area (Å²) in [4.78, 5) is 30.2. The number of imidazole rings is 1. The summed E-state index contributed by atoms with van der Waals surface area (Å²) in [6, 6.07) is 32.3. The van der Waals surface area contributed by atoms with E-state index in [1.807, 2.05) is 72.2 Å². The zero-order chi connectivity index (χ0) is 34.5. The quantitative estimate of drug-likeness (QED) is 0.140. The van der Waals surface area contributed by atoms with Crippen molar-refractivity contribution < 1.29 is 19.4 Å². The molecule has 1 aromatic heterocycles. The Morgan fingerprint density at radius 3 is 2.38 bits per heavy atom. The Hall–Kier alpha value is -4.74. The molecule has 0 bridgehead atoms. The van der Waals surface area contributed by atoms with Crippen molar-refractivity contribution >= 4 is 17.1 Å². The second-order valence-electron chi connectivity index (χ2n) is 13.2. The van der Waals surface area contributed by atoms with Gasteiger partial charge in [-0.25, -0.2) is 9.59 Å². The molecule has 10 heteroatoms. The molecule has 4 N–H and O–H groups in total. The average Bonchev–Trinajstić information content (AvgIpc) is 3.50. The number of nitrogens with one attached hydrogen (secondary N) is 3. The van der Waals surface area contributed by atoms with E-state index < -0.39 is 6.29 Å². The molecule has 260 valence electrons. The van der Waals surface area contributed by atoms with Crippen molar-refractivity contribution in [3.8, 4) is 11.1 Å². The minimum Gasteiger partial charge on any atom is -0.392 e. The van der Waals surface area contributed by atoms with E-state index in [1.54, 1.807) is 0 Å². The van der Waals surface area contributed by atoms with Crippen molar-refractivity contribution in [3.63, 3.8) is 0 Å². The molecule has 0 unspecified atom stereocenters. The number of hydrogen-bond donors (Lipinski definition) is 4. The maximum absolute atomic E-state index is 12.8. The highest BCUT2D eigenvalue weighted by Crippen LogP contribution is 2.39. The zero-order valence-corrected chi connectivity index (χ0v) is 28.4. The van der Waals surface area contributed by atoms with Gasteiger partial charge in [0.05, 0.1) is 29.8 Å². The van der Waals surface area contributed by atoms with Gasteiger partial charge in [-0.1, -0.05) is 78.9 Å². The number of H-pyrrole nitrogens is 1. The van der Waals surface area contributed by atoms with E-state index in [-0.39, 0.29) is 36.6 Å². The van der Waals surface area contributed by atoms with E-state index in [0.29, 0.717) is 19.5 Å². The molecule has 2 amide bonds. The number of aliphatic hydroxyl groups excluding tert-OH is 1. The van der Waals surface area contributed by atoms with Crippen LogP contribution in [0.2, 0.25) is 0 Å². The molecule has 4 aromatic carbocycles. The summed E-state index contributed by atoms with van der Waals surface area (Å²) in [6.45, 7) is 5.46. The number of aliphatic hydroxyl groups is 1. The van der Waals surface area contributed by atoms with E-state index in [1.165, 1.54) is 0 Å². The Bertz CT molecular complexity index is 1950. The van der Waals surface area contributed by atoms with Crippen molar-refractivity contribution in [3.05, 3.63) is 130 Å². The first-order valence-electron chi connectivity index (χ1n) is 17.6. The SMILES string of the molecule is CCNC(=O)NCc1cccc(-c2ccc([C@H]3O[C@@H](CN4CCC(n5c(=O)[nH]c6ccccc65)CC4)C[C@@H](c4ccc(CO)cc4)O3)cc2)c1. The van der Waals surface area contributed by atoms with Crippen molar-refractivity contribution in [1.82, 2.24) is 25.1 Å². The second kappa shape index (κ2) is 15.4. The molecule has 10 nitrogen and oxygen atoms in total. The van der Waals surface area contributed by atoms with E-state index in [4.69, 9.17) is 9.47 Å². The van der Waals surface area contributed by atoms with E-state index in [9.17, 15) is 14.7 Å². The van der Waals surface area contributed by atoms with Crippen LogP contribution in [0.4, 0.5) is 4.79 Å². The molecule has 0 aliphatic carbocycles. The van der Waals surface area contributed by atoms with Gasteiger partial charge in [-0.2, -0.15) is 0 Å². The lowest BCUT2D eigenvalue weighted by atomic mass is 9.98. The van der Waals surface area contributed by atoms with Gasteiger partial charge in [0.15, 0.2) is 6.29 Å². The molecule has 2 aliphatic rings. The van der Waals surface area contributed by atoms with E-state index in [2.05, 4.69) is 56.9 Å². The number of hydrogen-bond acceptors (Lipinski definition) is 6. The first-order valence-corrected chi connectivity index (χ1v) is 17.6. The molecule has 2 fully saturated rings. The van der Waals surface area contributed by atoms with Crippen LogP contribution in [0.5, 0.6) is 0 Å². The highest BCUT2D eigenvalue weighted by Gasteiger charge is 2.34. The lowest BCUT2D eigenvalue weighted by Gasteiger charge is -2.40. The Kier molecular flexibility index (Phi) is 10.4. The first-order chi connectivity index (χ1) is 24.5. The molecule has 2 aliphatic heterocycles. The summed E-state index contributed by atoms with van der Waals surface area (Å²) in [7, 11) is 0. The van der Waals surface area contributed by atoms with Gasteiger partial charge >= 0.3 is 11.7 Å². The van der Waals surface area contributed by atoms with Crippen LogP contribution < -0.4 is 16.3 Å². The van der Waals surface area contributed by atoms with Gasteiger partial charge in [-0.05, 0) is 65.8 Å². The van der Waals surface area contributed by atoms with Crippen molar-refractivity contribution in [2.45, 2.75) is 63.9 Å². The van der Waals surface area contributed by atoms with Gasteiger partial charge < -0.3 is 35.1 Å². The predicted molar refractivity (Wildman–Crippen MR) is 193 cm³/mol. The summed E-state index contributed by atoms with van der Waals surface area (Å²) in [5.41, 5.74) is 7.83. The van der Waals surface area contributed by atoms with Crippen molar-refractivity contribution in [2.75, 3.05) is 26.2 Å². The molecule has 50 heavy (non-hydrogen) atoms. The number of carbonyl (C=O) groups excluding carboxylic acids is 1. The van der Waals surface area contributed by atoms with Crippen molar-refractivity contribution in [2.24, 2.45) is 0 Å². The van der Waals surface area contributed by atoms with Crippen LogP contribution in [0.3, 0.4) is 0 Å². The van der Waals surface area contributed by atoms with Crippen LogP contribution in [-0.2, 0) is 22.6 Å². The average molecular weight is 676 g/mol. The number of likely N-dealkylation sites (tertiary alicyclic amines) is 1. The number of rotatable bonds is 10. The number of aromatic nitrogens is 2. The van der Waals surface area contributed by atoms with Crippen LogP contribution >= 0.6 is 0 Å². The topological polar surface area (TPSA) is 121 Å². The molecular formula is C40H45N5O5. The molecule has 3 heterocycles. The van der Waals surface area contributed by atoms with Crippen LogP contribution in [0.15, 0.2) is 102 Å². The number of nitrogens with zero attached hydrogens (tertiary/aromatic N) is 2. The molecule has 0 radical (unpaired) electrons. The highest BCUT2D eigenvalue weighted by molar-refractivity contribution is 5.75. The standard InChI is InChI=1S/C40H45N5O5/c1-2-41-39(47)42-24-28-6-5-7-32(22-28)29-14-16-31(17-15-29)38-49-34(23-37(50-38)30-12-10-27(26-46)11-13-30)25-44-20-18-33(19-21-44)45-36-9-4-3-8-35(36)43-40(45)48/h3-17,22,33-34,37-38,46H,2,18-21,23-26H2,1H3,(H,43,48)(H2,41,42,47)/t34-,37+,38+/m1/s1. The third-order valence-electron chi connectivity index (χ3n) is 9.86. The summed E-state index contributed by atoms with van der Waals surface area (Å²) in [5, 5.41) is 15.2. The van der Waals surface area contributed by atoms with Crippen LogP contribution in [0.1, 0.15) is 66.9 Å². The van der Waals surface area contributed by atoms with Crippen LogP contribution in [0, 0.1) is 0 Å². The third kappa shape index (κ3) is 7.69. The molecular weight excluding hydrogens is 630 g/mol. The molecule has 2 saturated heterocycles. The van der Waals surface area contributed by atoms with E-state index in [0.717, 1.165) is 76.9 Å². The van der Waals surface area contributed by atoms with Gasteiger partial charge in [0, 0.05) is 50.7 Å². The number of urea groups is 1. The largest absolute Gasteiger partial charge is 0.392 e. The lowest BCUT2D eigenvalue weighted by Crippen LogP contribution is -2.43. The number of fused-ring (bicyclic) bond motifs is 1. The molecule has 0 saturated carbocycles. The van der Waals surface area contributed by atoms with Crippen LogP contribution in [0.25, 0.3) is 22.2 Å². The summed E-state index contributed by atoms with van der Waals surface area (Å²) in [5.74, 6) is 0. The van der Waals surface area contributed by atoms with Gasteiger partial charge in [-0.15, -0.1) is 0 Å². The maximum Gasteiger partial charge on any atom is 0.326 e. The minimum atomic E-state index is -0.541. The number of aromatic amines is 1. The summed E-state index contributed by atoms with van der Waals surface area (Å²) < 4.78 is 15.2. The predicted octanol–water partition coefficient (Wildman–Crippen LogP) is 6.19. The lowest BCUT2D eigenvalue weighted by molar-refractivity contribution is -0.253. The van der Waals surface area contributed by atoms with Crippen LogP contribution in [-0.4, -0.2) is 57.9 Å². The Labute approximate surface area is 292 Å². The fourth-order valence-electron chi connectivity index (χ4n) is 7.22. The zero-order valence-electron chi connectivity index (χ0n) is 28.4. The third-order valence-corrected chi connectivity index (χ3v) is 9.86. The number of benzene rings is 4. The first kappa shape index (κ1) is 33.7. The number of carbonyl (C=O) groups is 1. The molecule has 0 spiro atoms. The fourth-order valence-corrected chi connectivity index (χ4v) is 7.22.